The van der Waals surface area contributed by atoms with Gasteiger partial charge in [0.25, 0.3) is 0 Å². The van der Waals surface area contributed by atoms with E-state index in [1.165, 1.54) is 11.3 Å². The van der Waals surface area contributed by atoms with E-state index in [9.17, 15) is 4.79 Å². The Morgan fingerprint density at radius 1 is 1.77 bits per heavy atom. The Morgan fingerprint density at radius 2 is 2.54 bits per heavy atom. The van der Waals surface area contributed by atoms with Crippen molar-refractivity contribution in [2.45, 2.75) is 12.5 Å². The molecule has 3 N–H and O–H groups in total. The quantitative estimate of drug-likeness (QED) is 0.660. The predicted octanol–water partition coefficient (Wildman–Crippen LogP) is 0.265. The Labute approximate surface area is 83.6 Å². The zero-order valence-electron chi connectivity index (χ0n) is 6.69. The van der Waals surface area contributed by atoms with Crippen molar-refractivity contribution in [2.75, 3.05) is 11.4 Å². The zero-order valence-corrected chi connectivity index (χ0v) is 8.32. The fraction of sp³-hybridized carbons (Fsp3) is 0.500. The first kappa shape index (κ1) is 8.79. The van der Waals surface area contributed by atoms with Crippen LogP contribution in [-0.4, -0.2) is 28.7 Å². The standard InChI is InChI=1S/C6H8N4OS2/c7-3-1-4(11)10(2-3)5-8-9-6(12)13-5/h3H,1-2,7H2,(H,9,12). The lowest BCUT2D eigenvalue weighted by molar-refractivity contribution is -0.117. The van der Waals surface area contributed by atoms with Gasteiger partial charge >= 0.3 is 0 Å². The van der Waals surface area contributed by atoms with Crippen molar-refractivity contribution >= 4 is 34.6 Å². The summed E-state index contributed by atoms with van der Waals surface area (Å²) in [6.07, 6.45) is 0.395. The maximum Gasteiger partial charge on any atom is 0.230 e. The molecule has 1 fully saturated rings. The molecular formula is C6H8N4OS2. The van der Waals surface area contributed by atoms with Crippen LogP contribution in [0.1, 0.15) is 6.42 Å². The van der Waals surface area contributed by atoms with E-state index < -0.39 is 0 Å². The number of rotatable bonds is 1. The van der Waals surface area contributed by atoms with Gasteiger partial charge in [-0.2, -0.15) is 0 Å². The SMILES string of the molecule is NC1CC(=O)N(c2n[nH]c(=S)s2)C1. The van der Waals surface area contributed by atoms with Crippen LogP contribution in [0.3, 0.4) is 0 Å². The van der Waals surface area contributed by atoms with Crippen molar-refractivity contribution < 1.29 is 4.79 Å². The lowest BCUT2D eigenvalue weighted by Crippen LogP contribution is -2.27. The van der Waals surface area contributed by atoms with Crippen LogP contribution >= 0.6 is 23.6 Å². The van der Waals surface area contributed by atoms with Crippen LogP contribution in [0.4, 0.5) is 5.13 Å². The normalized spacial score (nSPS) is 22.7. The third-order valence-corrected chi connectivity index (χ3v) is 2.92. The molecule has 0 bridgehead atoms. The summed E-state index contributed by atoms with van der Waals surface area (Å²) in [5.74, 6) is 0.0188. The van der Waals surface area contributed by atoms with Gasteiger partial charge < -0.3 is 5.73 Å². The molecule has 1 aromatic heterocycles. The maximum absolute atomic E-state index is 11.4. The molecule has 0 aromatic carbocycles. The first-order valence-electron chi connectivity index (χ1n) is 3.78. The second-order valence-electron chi connectivity index (χ2n) is 2.86. The lowest BCUT2D eigenvalue weighted by atomic mass is 10.3. The second-order valence-corrected chi connectivity index (χ2v) is 4.51. The highest BCUT2D eigenvalue weighted by Crippen LogP contribution is 2.22. The number of carbonyl (C=O) groups is 1. The van der Waals surface area contributed by atoms with E-state index in [2.05, 4.69) is 10.2 Å². The maximum atomic E-state index is 11.4. The van der Waals surface area contributed by atoms with Crippen molar-refractivity contribution in [3.8, 4) is 0 Å². The van der Waals surface area contributed by atoms with Gasteiger partial charge in [0.15, 0.2) is 3.95 Å². The summed E-state index contributed by atoms with van der Waals surface area (Å²) in [6.45, 7) is 0.537. The fourth-order valence-electron chi connectivity index (χ4n) is 1.26. The number of H-pyrrole nitrogens is 1. The van der Waals surface area contributed by atoms with E-state index in [0.29, 0.717) is 22.1 Å². The first-order valence-corrected chi connectivity index (χ1v) is 5.01. The number of nitrogens with two attached hydrogens (primary N) is 1. The number of anilines is 1. The summed E-state index contributed by atoms with van der Waals surface area (Å²) >= 11 is 6.16. The van der Waals surface area contributed by atoms with E-state index >= 15 is 0 Å². The monoisotopic (exact) mass is 216 g/mol. The summed E-state index contributed by atoms with van der Waals surface area (Å²) in [5.41, 5.74) is 5.64. The number of nitrogens with one attached hydrogen (secondary N) is 1. The van der Waals surface area contributed by atoms with Crippen LogP contribution < -0.4 is 10.6 Å². The molecule has 1 saturated heterocycles. The third-order valence-electron chi connectivity index (χ3n) is 1.81. The van der Waals surface area contributed by atoms with Gasteiger partial charge in [-0.1, -0.05) is 11.3 Å². The van der Waals surface area contributed by atoms with Crippen LogP contribution in [0, 0.1) is 3.95 Å². The smallest absolute Gasteiger partial charge is 0.230 e. The molecule has 1 unspecified atom stereocenters. The molecule has 1 aliphatic heterocycles. The van der Waals surface area contributed by atoms with Gasteiger partial charge in [-0.15, -0.1) is 5.10 Å². The van der Waals surface area contributed by atoms with Crippen molar-refractivity contribution in [1.29, 1.82) is 0 Å². The topological polar surface area (TPSA) is 75.0 Å². The number of nitrogens with zero attached hydrogens (tertiary/aromatic N) is 2. The second kappa shape index (κ2) is 3.17. The summed E-state index contributed by atoms with van der Waals surface area (Å²) < 4.78 is 0.572. The number of aromatic nitrogens is 2. The molecule has 0 aliphatic carbocycles. The van der Waals surface area contributed by atoms with Gasteiger partial charge in [0.05, 0.1) is 0 Å². The van der Waals surface area contributed by atoms with Gasteiger partial charge in [0.2, 0.25) is 11.0 Å². The number of aromatic amines is 1. The van der Waals surface area contributed by atoms with Gasteiger partial charge in [-0.3, -0.25) is 14.8 Å². The summed E-state index contributed by atoms with van der Waals surface area (Å²) in [7, 11) is 0. The van der Waals surface area contributed by atoms with Crippen LogP contribution in [0.2, 0.25) is 0 Å². The van der Waals surface area contributed by atoms with Gasteiger partial charge in [0.1, 0.15) is 0 Å². The Hall–Kier alpha value is -0.790. The van der Waals surface area contributed by atoms with Crippen LogP contribution in [0.25, 0.3) is 0 Å². The Balaban J connectivity index is 2.27. The molecule has 13 heavy (non-hydrogen) atoms. The molecule has 2 rings (SSSR count). The third kappa shape index (κ3) is 1.62. The molecule has 7 heteroatoms. The van der Waals surface area contributed by atoms with Crippen LogP contribution in [0.5, 0.6) is 0 Å². The minimum atomic E-state index is -0.0787. The number of hydrogen-bond donors (Lipinski definition) is 2. The minimum Gasteiger partial charge on any atom is -0.326 e. The van der Waals surface area contributed by atoms with Gasteiger partial charge in [0, 0.05) is 19.0 Å². The predicted molar refractivity (Wildman–Crippen MR) is 52.2 cm³/mol. The van der Waals surface area contributed by atoms with E-state index in [4.69, 9.17) is 18.0 Å². The Morgan fingerprint density at radius 3 is 3.00 bits per heavy atom. The minimum absolute atomic E-state index is 0.0188. The highest BCUT2D eigenvalue weighted by Gasteiger charge is 2.29. The molecule has 0 saturated carbocycles. The first-order chi connectivity index (χ1) is 6.16. The van der Waals surface area contributed by atoms with Gasteiger partial charge in [-0.25, -0.2) is 0 Å². The highest BCUT2D eigenvalue weighted by molar-refractivity contribution is 7.73. The summed E-state index contributed by atoms with van der Waals surface area (Å²) in [5, 5.41) is 7.16. The van der Waals surface area contributed by atoms with E-state index in [0.717, 1.165) is 0 Å². The lowest BCUT2D eigenvalue weighted by Gasteiger charge is -2.09. The summed E-state index contributed by atoms with van der Waals surface area (Å²) in [4.78, 5) is 12.9. The Kier molecular flexibility index (Phi) is 2.14. The molecule has 0 spiro atoms. The molecule has 0 radical (unpaired) electrons. The molecule has 70 valence electrons. The zero-order chi connectivity index (χ0) is 9.42. The van der Waals surface area contributed by atoms with Crippen molar-refractivity contribution in [3.63, 3.8) is 0 Å². The Bertz CT molecular complexity index is 384. The molecule has 1 aromatic rings. The van der Waals surface area contributed by atoms with Gasteiger partial charge in [-0.05, 0) is 12.2 Å². The van der Waals surface area contributed by atoms with Crippen molar-refractivity contribution in [3.05, 3.63) is 3.95 Å². The largest absolute Gasteiger partial charge is 0.326 e. The summed E-state index contributed by atoms with van der Waals surface area (Å²) in [6, 6.07) is -0.0787. The molecule has 1 aliphatic rings. The number of carbonyl (C=O) groups excluding carboxylic acids is 1. The van der Waals surface area contributed by atoms with E-state index in [-0.39, 0.29) is 11.9 Å². The van der Waals surface area contributed by atoms with Crippen LogP contribution in [-0.2, 0) is 4.79 Å². The van der Waals surface area contributed by atoms with Crippen molar-refractivity contribution in [2.24, 2.45) is 5.73 Å². The molecule has 1 amide bonds. The van der Waals surface area contributed by atoms with Crippen LogP contribution in [0.15, 0.2) is 0 Å². The average Bonchev–Trinajstić information content (AvgIpc) is 2.58. The fourth-order valence-corrected chi connectivity index (χ4v) is 2.16. The molecular weight excluding hydrogens is 208 g/mol. The average molecular weight is 216 g/mol. The van der Waals surface area contributed by atoms with Crippen molar-refractivity contribution in [1.82, 2.24) is 10.2 Å². The van der Waals surface area contributed by atoms with E-state index in [1.807, 2.05) is 0 Å². The molecule has 1 atom stereocenters. The van der Waals surface area contributed by atoms with E-state index in [1.54, 1.807) is 4.90 Å². The number of hydrogen-bond acceptors (Lipinski definition) is 5. The molecule has 2 heterocycles. The number of amides is 1. The highest BCUT2D eigenvalue weighted by atomic mass is 32.1. The molecule has 5 nitrogen and oxygen atoms in total.